The Morgan fingerprint density at radius 1 is 1.26 bits per heavy atom. The van der Waals surface area contributed by atoms with Gasteiger partial charge in [-0.1, -0.05) is 19.1 Å². The number of H-pyrrole nitrogens is 1. The van der Waals surface area contributed by atoms with Crippen molar-refractivity contribution in [2.75, 3.05) is 0 Å². The Kier molecular flexibility index (Phi) is 4.04. The quantitative estimate of drug-likeness (QED) is 0.847. The molecular weight excluding hydrogens is 266 g/mol. The molecule has 0 radical (unpaired) electrons. The lowest BCUT2D eigenvalue weighted by Gasteiger charge is -2.09. The van der Waals surface area contributed by atoms with E-state index in [9.17, 15) is 8.78 Å². The van der Waals surface area contributed by atoms with E-state index in [1.165, 1.54) is 12.1 Å². The molecule has 0 saturated heterocycles. The van der Waals surface area contributed by atoms with Crippen LogP contribution in [-0.2, 0) is 6.42 Å². The van der Waals surface area contributed by atoms with Crippen molar-refractivity contribution in [2.24, 2.45) is 0 Å². The molecule has 0 amide bonds. The number of nitrogens with zero attached hydrogens (tertiary/aromatic N) is 1. The molecule has 2 rings (SSSR count). The third kappa shape index (κ3) is 2.87. The van der Waals surface area contributed by atoms with Gasteiger partial charge in [0.2, 0.25) is 0 Å². The van der Waals surface area contributed by atoms with E-state index in [-0.39, 0.29) is 0 Å². The smallest absolute Gasteiger partial charge is 0.159 e. The van der Waals surface area contributed by atoms with Gasteiger partial charge in [0.1, 0.15) is 10.5 Å². The molecule has 1 N–H and O–H groups in total. The Morgan fingerprint density at radius 3 is 2.63 bits per heavy atom. The van der Waals surface area contributed by atoms with Gasteiger partial charge in [-0.2, -0.15) is 0 Å². The van der Waals surface area contributed by atoms with Crippen LogP contribution in [0.1, 0.15) is 24.7 Å². The number of benzene rings is 1. The minimum absolute atomic E-state index is 0.488. The second kappa shape index (κ2) is 5.57. The summed E-state index contributed by atoms with van der Waals surface area (Å²) in [4.78, 5) is 7.43. The van der Waals surface area contributed by atoms with Gasteiger partial charge in [0.25, 0.3) is 0 Å². The topological polar surface area (TPSA) is 28.7 Å². The zero-order valence-electron chi connectivity index (χ0n) is 10.8. The van der Waals surface area contributed by atoms with E-state index in [0.29, 0.717) is 15.9 Å². The van der Waals surface area contributed by atoms with Crippen molar-refractivity contribution < 1.29 is 8.78 Å². The summed E-state index contributed by atoms with van der Waals surface area (Å²) in [7, 11) is 0. The number of halogens is 2. The fourth-order valence-corrected chi connectivity index (χ4v) is 2.09. The van der Waals surface area contributed by atoms with Crippen molar-refractivity contribution in [1.82, 2.24) is 9.97 Å². The largest absolute Gasteiger partial charge is 0.343 e. The predicted molar refractivity (Wildman–Crippen MR) is 73.5 cm³/mol. The summed E-state index contributed by atoms with van der Waals surface area (Å²) >= 11 is 5.20. The molecule has 5 heteroatoms. The Balaban J connectivity index is 2.60. The molecule has 2 aromatic rings. The predicted octanol–water partition coefficient (Wildman–Crippen LogP) is 4.35. The molecule has 1 aromatic carbocycles. The van der Waals surface area contributed by atoms with Gasteiger partial charge >= 0.3 is 0 Å². The molecule has 1 aromatic heterocycles. The summed E-state index contributed by atoms with van der Waals surface area (Å²) in [6.45, 7) is 3.85. The molecule has 100 valence electrons. The lowest BCUT2D eigenvalue weighted by atomic mass is 10.1. The monoisotopic (exact) mass is 280 g/mol. The van der Waals surface area contributed by atoms with Crippen LogP contribution in [0, 0.1) is 23.2 Å². The van der Waals surface area contributed by atoms with Gasteiger partial charge in [0.15, 0.2) is 11.6 Å². The average Bonchev–Trinajstić information content (AvgIpc) is 2.37. The van der Waals surface area contributed by atoms with Crippen molar-refractivity contribution >= 4 is 12.2 Å². The van der Waals surface area contributed by atoms with Crippen LogP contribution < -0.4 is 0 Å². The summed E-state index contributed by atoms with van der Waals surface area (Å²) in [6, 6.07) is 3.81. The van der Waals surface area contributed by atoms with E-state index < -0.39 is 11.6 Å². The summed E-state index contributed by atoms with van der Waals surface area (Å²) in [5, 5.41) is 0. The molecule has 2 nitrogen and oxygen atoms in total. The molecule has 19 heavy (non-hydrogen) atoms. The molecule has 0 atom stereocenters. The number of hydrogen-bond donors (Lipinski definition) is 1. The van der Waals surface area contributed by atoms with Gasteiger partial charge in [-0.15, -0.1) is 0 Å². The van der Waals surface area contributed by atoms with Crippen molar-refractivity contribution in [3.05, 3.63) is 45.9 Å². The number of aromatic nitrogens is 2. The number of hydrogen-bond acceptors (Lipinski definition) is 2. The molecule has 0 aliphatic rings. The van der Waals surface area contributed by atoms with Crippen molar-refractivity contribution in [3.8, 4) is 11.3 Å². The number of aryl methyl sites for hydroxylation is 1. The summed E-state index contributed by atoms with van der Waals surface area (Å²) < 4.78 is 26.8. The average molecular weight is 280 g/mol. The van der Waals surface area contributed by atoms with Gasteiger partial charge in [-0.05, 0) is 31.5 Å². The molecule has 0 unspecified atom stereocenters. The van der Waals surface area contributed by atoms with E-state index in [1.807, 2.05) is 13.8 Å². The summed E-state index contributed by atoms with van der Waals surface area (Å²) in [5.74, 6) is -0.967. The Hall–Kier alpha value is -1.62. The number of rotatable bonds is 3. The minimum Gasteiger partial charge on any atom is -0.343 e. The van der Waals surface area contributed by atoms with Crippen molar-refractivity contribution in [2.45, 2.75) is 26.7 Å². The lowest BCUT2D eigenvalue weighted by Crippen LogP contribution is -2.01. The molecule has 0 spiro atoms. The molecule has 0 bridgehead atoms. The van der Waals surface area contributed by atoms with Gasteiger partial charge in [0.05, 0.1) is 5.69 Å². The first-order valence-electron chi connectivity index (χ1n) is 6.08. The third-order valence-corrected chi connectivity index (χ3v) is 3.29. The molecule has 1 heterocycles. The summed E-state index contributed by atoms with van der Waals surface area (Å²) in [6.07, 6.45) is 1.69. The standard InChI is InChI=1S/C14H14F2N2S/c1-3-4-12-17-13(8(2)14(19)18-12)9-5-6-10(15)11(16)7-9/h5-7H,3-4H2,1-2H3,(H,17,18,19). The van der Waals surface area contributed by atoms with Crippen molar-refractivity contribution in [1.29, 1.82) is 0 Å². The van der Waals surface area contributed by atoms with Crippen LogP contribution in [0.2, 0.25) is 0 Å². The van der Waals surface area contributed by atoms with Gasteiger partial charge < -0.3 is 4.98 Å². The highest BCUT2D eigenvalue weighted by atomic mass is 32.1. The second-order valence-electron chi connectivity index (χ2n) is 4.37. The van der Waals surface area contributed by atoms with Crippen LogP contribution in [0.3, 0.4) is 0 Å². The Bertz CT molecular complexity index is 665. The maximum Gasteiger partial charge on any atom is 0.159 e. The van der Waals surface area contributed by atoms with E-state index in [2.05, 4.69) is 9.97 Å². The highest BCUT2D eigenvalue weighted by Crippen LogP contribution is 2.23. The first-order chi connectivity index (χ1) is 9.02. The van der Waals surface area contributed by atoms with Gasteiger partial charge in [0, 0.05) is 17.5 Å². The van der Waals surface area contributed by atoms with Crippen LogP contribution in [0.5, 0.6) is 0 Å². The minimum atomic E-state index is -0.870. The third-order valence-electron chi connectivity index (χ3n) is 2.90. The maximum absolute atomic E-state index is 13.3. The second-order valence-corrected chi connectivity index (χ2v) is 4.75. The number of nitrogens with one attached hydrogen (secondary N) is 1. The lowest BCUT2D eigenvalue weighted by molar-refractivity contribution is 0.509. The SMILES string of the molecule is CCCc1nc(=S)c(C)c(-c2ccc(F)c(F)c2)[nH]1. The Morgan fingerprint density at radius 2 is 2.00 bits per heavy atom. The van der Waals surface area contributed by atoms with Crippen LogP contribution in [0.4, 0.5) is 8.78 Å². The van der Waals surface area contributed by atoms with Crippen molar-refractivity contribution in [3.63, 3.8) is 0 Å². The fraction of sp³-hybridized carbons (Fsp3) is 0.286. The van der Waals surface area contributed by atoms with Crippen LogP contribution in [0.15, 0.2) is 18.2 Å². The first kappa shape index (κ1) is 13.8. The first-order valence-corrected chi connectivity index (χ1v) is 6.49. The Labute approximate surface area is 115 Å². The highest BCUT2D eigenvalue weighted by molar-refractivity contribution is 7.71. The van der Waals surface area contributed by atoms with Crippen LogP contribution in [-0.4, -0.2) is 9.97 Å². The van der Waals surface area contributed by atoms with E-state index in [0.717, 1.165) is 30.3 Å². The summed E-state index contributed by atoms with van der Waals surface area (Å²) in [5.41, 5.74) is 2.03. The fourth-order valence-electron chi connectivity index (χ4n) is 1.87. The molecule has 0 aliphatic carbocycles. The maximum atomic E-state index is 13.3. The number of aromatic amines is 1. The van der Waals surface area contributed by atoms with E-state index in [1.54, 1.807) is 0 Å². The normalized spacial score (nSPS) is 10.7. The van der Waals surface area contributed by atoms with Gasteiger partial charge in [-0.3, -0.25) is 0 Å². The van der Waals surface area contributed by atoms with Crippen LogP contribution in [0.25, 0.3) is 11.3 Å². The van der Waals surface area contributed by atoms with Crippen LogP contribution >= 0.6 is 12.2 Å². The molecule has 0 aliphatic heterocycles. The zero-order chi connectivity index (χ0) is 14.0. The zero-order valence-corrected chi connectivity index (χ0v) is 11.6. The van der Waals surface area contributed by atoms with E-state index in [4.69, 9.17) is 12.2 Å². The molecule has 0 saturated carbocycles. The van der Waals surface area contributed by atoms with Gasteiger partial charge in [-0.25, -0.2) is 13.8 Å². The highest BCUT2D eigenvalue weighted by Gasteiger charge is 2.10. The van der Waals surface area contributed by atoms with E-state index >= 15 is 0 Å². The molecular formula is C14H14F2N2S. The molecule has 0 fully saturated rings.